The van der Waals surface area contributed by atoms with Gasteiger partial charge in [0.1, 0.15) is 5.84 Å². The van der Waals surface area contributed by atoms with Crippen LogP contribution in [0, 0.1) is 6.42 Å². The molecule has 0 spiro atoms. The van der Waals surface area contributed by atoms with Gasteiger partial charge < -0.3 is 15.5 Å². The van der Waals surface area contributed by atoms with Gasteiger partial charge in [0.2, 0.25) is 5.54 Å². The molecule has 159 valence electrons. The molecule has 0 saturated carbocycles. The number of fused-ring (bicyclic) bond motifs is 1. The Bertz CT molecular complexity index is 1050. The van der Waals surface area contributed by atoms with Crippen LogP contribution >= 0.6 is 0 Å². The summed E-state index contributed by atoms with van der Waals surface area (Å²) in [5.74, 6) is -1.24. The van der Waals surface area contributed by atoms with Gasteiger partial charge in [-0.25, -0.2) is 18.1 Å². The van der Waals surface area contributed by atoms with Gasteiger partial charge in [0.25, 0.3) is 21.8 Å². The maximum Gasteiger partial charge on any atom is 0.332 e. The molecule has 0 bridgehead atoms. The lowest BCUT2D eigenvalue weighted by molar-refractivity contribution is -0.134. The normalized spacial score (nSPS) is 24.7. The van der Waals surface area contributed by atoms with Crippen molar-refractivity contribution in [2.45, 2.75) is 24.8 Å². The SMILES string of the molecule is CS(=O)(=O)N=C(c1ccc(N2C(=O)N3CC[CH][C@]3(C(N)=O)C2=O)cc1)N1CCCC1. The minimum atomic E-state index is -3.61. The lowest BCUT2D eigenvalue weighted by atomic mass is 9.95. The Morgan fingerprint density at radius 2 is 1.73 bits per heavy atom. The number of carbonyl (C=O) groups is 3. The lowest BCUT2D eigenvalue weighted by Crippen LogP contribution is -2.55. The van der Waals surface area contributed by atoms with Crippen molar-refractivity contribution in [2.75, 3.05) is 30.8 Å². The molecule has 3 aliphatic heterocycles. The number of amides is 4. The van der Waals surface area contributed by atoms with E-state index in [1.165, 1.54) is 23.5 Å². The molecule has 3 aliphatic rings. The van der Waals surface area contributed by atoms with E-state index in [1.807, 2.05) is 4.90 Å². The number of hydrogen-bond acceptors (Lipinski definition) is 5. The molecule has 3 fully saturated rings. The van der Waals surface area contributed by atoms with E-state index in [4.69, 9.17) is 5.73 Å². The standard InChI is InChI=1S/C19H22N5O5S/c1-30(28,29)21-15(22-10-2-3-11-22)13-5-7-14(8-6-13)24-17(26)19(16(20)25)9-4-12-23(19)18(24)27/h5-9H,2-4,10-12H2,1H3,(H2,20,25)/t19-/m0/s1. The number of rotatable bonds is 4. The van der Waals surface area contributed by atoms with Crippen LogP contribution in [-0.2, 0) is 19.6 Å². The third-order valence-corrected chi connectivity index (χ3v) is 6.09. The van der Waals surface area contributed by atoms with Crippen LogP contribution < -0.4 is 10.6 Å². The smallest absolute Gasteiger partial charge is 0.332 e. The molecule has 30 heavy (non-hydrogen) atoms. The summed E-state index contributed by atoms with van der Waals surface area (Å²) in [6, 6.07) is 5.70. The van der Waals surface area contributed by atoms with E-state index in [1.54, 1.807) is 12.1 Å². The largest absolute Gasteiger partial charge is 0.367 e. The second kappa shape index (κ2) is 7.08. The van der Waals surface area contributed by atoms with Crippen LogP contribution in [0.3, 0.4) is 0 Å². The van der Waals surface area contributed by atoms with Gasteiger partial charge in [-0.15, -0.1) is 4.40 Å². The summed E-state index contributed by atoms with van der Waals surface area (Å²) >= 11 is 0. The van der Waals surface area contributed by atoms with Gasteiger partial charge >= 0.3 is 6.03 Å². The highest BCUT2D eigenvalue weighted by atomic mass is 32.2. The van der Waals surface area contributed by atoms with Gasteiger partial charge in [-0.05, 0) is 43.5 Å². The average molecular weight is 432 g/mol. The second-order valence-corrected chi connectivity index (χ2v) is 9.24. The Kier molecular flexibility index (Phi) is 4.80. The molecule has 2 N–H and O–H groups in total. The molecule has 1 aromatic rings. The first-order valence-corrected chi connectivity index (χ1v) is 11.5. The zero-order chi connectivity index (χ0) is 21.7. The fourth-order valence-electron chi connectivity index (χ4n) is 4.22. The van der Waals surface area contributed by atoms with Crippen LogP contribution in [0.15, 0.2) is 28.7 Å². The number of likely N-dealkylation sites (tertiary alicyclic amines) is 1. The number of imide groups is 1. The molecule has 1 aromatic carbocycles. The number of amidine groups is 1. The first-order chi connectivity index (χ1) is 14.1. The topological polar surface area (TPSA) is 133 Å². The number of nitrogens with zero attached hydrogens (tertiary/aromatic N) is 4. The Balaban J connectivity index is 1.68. The fraction of sp³-hybridized carbons (Fsp3) is 0.421. The van der Waals surface area contributed by atoms with Gasteiger partial charge in [-0.1, -0.05) is 0 Å². The monoisotopic (exact) mass is 432 g/mol. The molecular formula is C19H22N5O5S. The molecule has 3 saturated heterocycles. The summed E-state index contributed by atoms with van der Waals surface area (Å²) < 4.78 is 27.5. The molecular weight excluding hydrogens is 410 g/mol. The predicted octanol–water partition coefficient (Wildman–Crippen LogP) is 0.0893. The molecule has 0 unspecified atom stereocenters. The summed E-state index contributed by atoms with van der Waals surface area (Å²) in [6.45, 7) is 1.64. The van der Waals surface area contributed by atoms with E-state index < -0.39 is 33.4 Å². The first-order valence-electron chi connectivity index (χ1n) is 9.61. The number of benzene rings is 1. The molecule has 1 radical (unpaired) electrons. The first kappa shape index (κ1) is 20.3. The fourth-order valence-corrected chi connectivity index (χ4v) is 4.76. The van der Waals surface area contributed by atoms with Crippen LogP contribution in [-0.4, -0.2) is 73.3 Å². The maximum absolute atomic E-state index is 13.0. The van der Waals surface area contributed by atoms with Crippen molar-refractivity contribution in [2.24, 2.45) is 10.1 Å². The van der Waals surface area contributed by atoms with Crippen LogP contribution in [0.4, 0.5) is 10.5 Å². The molecule has 0 aromatic heterocycles. The zero-order valence-corrected chi connectivity index (χ0v) is 17.3. The van der Waals surface area contributed by atoms with Crippen molar-refractivity contribution >= 4 is 39.4 Å². The van der Waals surface area contributed by atoms with Crippen LogP contribution in [0.2, 0.25) is 0 Å². The van der Waals surface area contributed by atoms with Gasteiger partial charge in [0.15, 0.2) is 0 Å². The van der Waals surface area contributed by atoms with Gasteiger partial charge in [0, 0.05) is 31.6 Å². The number of sulfonamides is 1. The average Bonchev–Trinajstić information content (AvgIpc) is 3.39. The minimum absolute atomic E-state index is 0.238. The number of anilines is 1. The Labute approximate surface area is 174 Å². The van der Waals surface area contributed by atoms with Crippen molar-refractivity contribution in [1.82, 2.24) is 9.80 Å². The van der Waals surface area contributed by atoms with Crippen molar-refractivity contribution in [3.05, 3.63) is 36.2 Å². The quantitative estimate of drug-likeness (QED) is 0.310. The number of urea groups is 1. The van der Waals surface area contributed by atoms with Crippen LogP contribution in [0.1, 0.15) is 24.8 Å². The van der Waals surface area contributed by atoms with Crippen LogP contribution in [0.5, 0.6) is 0 Å². The highest BCUT2D eigenvalue weighted by Crippen LogP contribution is 2.39. The highest BCUT2D eigenvalue weighted by Gasteiger charge is 2.64. The summed E-state index contributed by atoms with van der Waals surface area (Å²) in [5, 5.41) is 0. The molecule has 0 aliphatic carbocycles. The summed E-state index contributed by atoms with van der Waals surface area (Å²) in [6.07, 6.45) is 4.81. The predicted molar refractivity (Wildman–Crippen MR) is 109 cm³/mol. The Morgan fingerprint density at radius 3 is 2.27 bits per heavy atom. The van der Waals surface area contributed by atoms with E-state index in [9.17, 15) is 22.8 Å². The van der Waals surface area contributed by atoms with Gasteiger partial charge in [-0.2, -0.15) is 0 Å². The molecule has 11 heteroatoms. The summed E-state index contributed by atoms with van der Waals surface area (Å²) in [5.41, 5.74) is 4.56. The van der Waals surface area contributed by atoms with E-state index in [0.29, 0.717) is 30.9 Å². The third-order valence-electron chi connectivity index (χ3n) is 5.59. The third kappa shape index (κ3) is 3.13. The van der Waals surface area contributed by atoms with E-state index in [-0.39, 0.29) is 12.2 Å². The molecule has 4 amide bonds. The van der Waals surface area contributed by atoms with Gasteiger partial charge in [0.05, 0.1) is 11.9 Å². The Morgan fingerprint density at radius 1 is 1.10 bits per heavy atom. The molecule has 1 atom stereocenters. The minimum Gasteiger partial charge on any atom is -0.367 e. The van der Waals surface area contributed by atoms with Crippen molar-refractivity contribution < 1.29 is 22.8 Å². The van der Waals surface area contributed by atoms with Gasteiger partial charge in [-0.3, -0.25) is 9.59 Å². The maximum atomic E-state index is 13.0. The second-order valence-electron chi connectivity index (χ2n) is 7.59. The molecule has 10 nitrogen and oxygen atoms in total. The van der Waals surface area contributed by atoms with Crippen molar-refractivity contribution in [3.8, 4) is 0 Å². The van der Waals surface area contributed by atoms with E-state index in [0.717, 1.165) is 24.0 Å². The summed E-state index contributed by atoms with van der Waals surface area (Å²) in [7, 11) is -3.61. The number of carbonyl (C=O) groups excluding carboxylic acids is 3. The molecule has 3 heterocycles. The van der Waals surface area contributed by atoms with Crippen LogP contribution in [0.25, 0.3) is 0 Å². The number of nitrogens with two attached hydrogens (primary N) is 1. The highest BCUT2D eigenvalue weighted by molar-refractivity contribution is 7.89. The van der Waals surface area contributed by atoms with Crippen molar-refractivity contribution in [1.29, 1.82) is 0 Å². The lowest BCUT2D eigenvalue weighted by Gasteiger charge is -2.23. The summed E-state index contributed by atoms with van der Waals surface area (Å²) in [4.78, 5) is 41.9. The Hall–Kier alpha value is -2.95. The number of hydrogen-bond donors (Lipinski definition) is 1. The number of primary amides is 1. The molecule has 4 rings (SSSR count). The van der Waals surface area contributed by atoms with E-state index >= 15 is 0 Å². The van der Waals surface area contributed by atoms with E-state index in [2.05, 4.69) is 4.40 Å². The zero-order valence-electron chi connectivity index (χ0n) is 16.4. The van der Waals surface area contributed by atoms with Crippen molar-refractivity contribution in [3.63, 3.8) is 0 Å².